The molecule has 7 N–H and O–H groups in total. The van der Waals surface area contributed by atoms with Gasteiger partial charge in [-0.1, -0.05) is 33.2 Å². The van der Waals surface area contributed by atoms with E-state index in [9.17, 15) is 19.2 Å². The second kappa shape index (κ2) is 20.5. The lowest BCUT2D eigenvalue weighted by Crippen LogP contribution is -2.24. The first-order chi connectivity index (χ1) is 13.1. The molecular weight excluding hydrogens is 404 g/mol. The third kappa shape index (κ3) is 56.3. The van der Waals surface area contributed by atoms with Crippen molar-refractivity contribution in [2.24, 2.45) is 0 Å². The molecule has 0 atom stereocenters. The van der Waals surface area contributed by atoms with Gasteiger partial charge in [0.1, 0.15) is 0 Å². The van der Waals surface area contributed by atoms with Crippen LogP contribution < -0.4 is 0 Å². The number of carboxylic acid groups (broad SMARTS) is 4. The Morgan fingerprint density at radius 2 is 0.633 bits per heavy atom. The fraction of sp³-hybridized carbons (Fsp3) is 0.368. The van der Waals surface area contributed by atoms with E-state index in [1.165, 1.54) is 34.6 Å². The predicted molar refractivity (Wildman–Crippen MR) is 109 cm³/mol. The maximum Gasteiger partial charge on any atom is 0.330 e. The van der Waals surface area contributed by atoms with Gasteiger partial charge in [-0.3, -0.25) is 0 Å². The van der Waals surface area contributed by atoms with Crippen LogP contribution in [0.3, 0.4) is 0 Å². The molecule has 0 aliphatic heterocycles. The van der Waals surface area contributed by atoms with Gasteiger partial charge in [0.2, 0.25) is 0 Å². The van der Waals surface area contributed by atoms with Crippen LogP contribution >= 0.6 is 0 Å². The molecule has 0 bridgehead atoms. The van der Waals surface area contributed by atoms with E-state index in [0.717, 1.165) is 0 Å². The van der Waals surface area contributed by atoms with Gasteiger partial charge in [-0.05, 0) is 27.7 Å². The van der Waals surface area contributed by atoms with Gasteiger partial charge in [0.15, 0.2) is 0 Å². The number of carboxylic acids is 4. The SMILES string of the molecule is C=C(C)C(=O)O.C=C(C)C(=O)O.C=C(C)C(=O)O.C=C(C)C(=O)O.CCC(O)(O)O. The first kappa shape index (κ1) is 37.5. The summed E-state index contributed by atoms with van der Waals surface area (Å²) in [6, 6.07) is 0. The summed E-state index contributed by atoms with van der Waals surface area (Å²) in [4.78, 5) is 38.4. The van der Waals surface area contributed by atoms with E-state index < -0.39 is 29.9 Å². The molecule has 0 spiro atoms. The van der Waals surface area contributed by atoms with Crippen molar-refractivity contribution in [3.63, 3.8) is 0 Å². The van der Waals surface area contributed by atoms with Crippen molar-refractivity contribution >= 4 is 23.9 Å². The normalized spacial score (nSPS) is 8.40. The first-order valence-electron chi connectivity index (χ1n) is 7.86. The summed E-state index contributed by atoms with van der Waals surface area (Å²) in [5, 5.41) is 55.4. The molecule has 0 saturated carbocycles. The summed E-state index contributed by atoms with van der Waals surface area (Å²) in [5.74, 6) is -6.20. The Bertz CT molecular complexity index is 479. The summed E-state index contributed by atoms with van der Waals surface area (Å²) in [6.45, 7) is 19.9. The molecule has 0 aromatic rings. The minimum absolute atomic E-state index is 0.0625. The van der Waals surface area contributed by atoms with Crippen LogP contribution in [0.25, 0.3) is 0 Å². The average Bonchev–Trinajstić information content (AvgIpc) is 2.55. The molecule has 0 amide bonds. The quantitative estimate of drug-likeness (QED) is 0.243. The maximum atomic E-state index is 9.60. The molecule has 0 radical (unpaired) electrons. The largest absolute Gasteiger partial charge is 0.478 e. The van der Waals surface area contributed by atoms with Crippen molar-refractivity contribution in [1.29, 1.82) is 0 Å². The third-order valence-corrected chi connectivity index (χ3v) is 1.93. The molecule has 11 nitrogen and oxygen atoms in total. The Kier molecular flexibility index (Phi) is 25.5. The second-order valence-corrected chi connectivity index (χ2v) is 5.47. The highest BCUT2D eigenvalue weighted by Crippen LogP contribution is 1.95. The highest BCUT2D eigenvalue weighted by atomic mass is 16.7. The minimum atomic E-state index is -2.46. The molecule has 0 aliphatic rings. The summed E-state index contributed by atoms with van der Waals surface area (Å²) in [7, 11) is 0. The Morgan fingerprint density at radius 1 is 0.567 bits per heavy atom. The number of aliphatic hydroxyl groups is 3. The first-order valence-corrected chi connectivity index (χ1v) is 7.86. The number of aliphatic carboxylic acids is 4. The molecule has 0 heterocycles. The van der Waals surface area contributed by atoms with E-state index in [-0.39, 0.29) is 28.7 Å². The summed E-state index contributed by atoms with van der Waals surface area (Å²) < 4.78 is 0. The monoisotopic (exact) mass is 436 g/mol. The van der Waals surface area contributed by atoms with Crippen molar-refractivity contribution in [1.82, 2.24) is 0 Å². The molecule has 0 saturated heterocycles. The fourth-order valence-electron chi connectivity index (χ4n) is 0. The van der Waals surface area contributed by atoms with Crippen LogP contribution in [0.2, 0.25) is 0 Å². The molecule has 0 aromatic carbocycles. The van der Waals surface area contributed by atoms with Gasteiger partial charge in [-0.15, -0.1) is 0 Å². The fourth-order valence-corrected chi connectivity index (χ4v) is 0. The van der Waals surface area contributed by atoms with Gasteiger partial charge in [0, 0.05) is 28.7 Å². The standard InChI is InChI=1S/4C4H6O2.C3H8O3/c4*1-3(2)4(5)6;1-2-3(4,5)6/h4*1H2,2H3,(H,5,6);4-6H,2H2,1H3. The lowest BCUT2D eigenvalue weighted by molar-refractivity contribution is -0.312. The van der Waals surface area contributed by atoms with Crippen molar-refractivity contribution in [2.75, 3.05) is 0 Å². The van der Waals surface area contributed by atoms with E-state index >= 15 is 0 Å². The van der Waals surface area contributed by atoms with Crippen LogP contribution in [0.15, 0.2) is 48.6 Å². The van der Waals surface area contributed by atoms with Crippen LogP contribution in [0.5, 0.6) is 0 Å². The molecule has 0 aromatic heterocycles. The number of carbonyl (C=O) groups is 4. The summed E-state index contributed by atoms with van der Waals surface area (Å²) >= 11 is 0. The highest BCUT2D eigenvalue weighted by Gasteiger charge is 2.11. The smallest absolute Gasteiger partial charge is 0.330 e. The van der Waals surface area contributed by atoms with E-state index in [1.54, 1.807) is 0 Å². The number of hydrogen-bond donors (Lipinski definition) is 7. The Balaban J connectivity index is -0.0000000868. The van der Waals surface area contributed by atoms with Gasteiger partial charge >= 0.3 is 23.9 Å². The van der Waals surface area contributed by atoms with Crippen molar-refractivity contribution in [2.45, 2.75) is 47.0 Å². The Labute approximate surface area is 175 Å². The van der Waals surface area contributed by atoms with E-state index in [2.05, 4.69) is 26.3 Å². The van der Waals surface area contributed by atoms with Crippen molar-refractivity contribution in [3.8, 4) is 0 Å². The molecule has 174 valence electrons. The summed E-state index contributed by atoms with van der Waals surface area (Å²) in [5.41, 5.74) is 0.704. The molecule has 30 heavy (non-hydrogen) atoms. The van der Waals surface area contributed by atoms with Crippen LogP contribution in [0.4, 0.5) is 0 Å². The number of rotatable bonds is 5. The van der Waals surface area contributed by atoms with Gasteiger partial charge in [0.25, 0.3) is 5.97 Å². The molecular formula is C19H32O11. The molecule has 0 rings (SSSR count). The van der Waals surface area contributed by atoms with Crippen LogP contribution in [0.1, 0.15) is 41.0 Å². The lowest BCUT2D eigenvalue weighted by Gasteiger charge is -2.08. The number of hydrogen-bond acceptors (Lipinski definition) is 7. The van der Waals surface area contributed by atoms with E-state index in [4.69, 9.17) is 35.7 Å². The van der Waals surface area contributed by atoms with Crippen LogP contribution in [-0.2, 0) is 19.2 Å². The average molecular weight is 436 g/mol. The summed E-state index contributed by atoms with van der Waals surface area (Å²) in [6.07, 6.45) is -0.0625. The van der Waals surface area contributed by atoms with Crippen molar-refractivity contribution in [3.05, 3.63) is 48.6 Å². The topological polar surface area (TPSA) is 210 Å². The molecule has 0 unspecified atom stereocenters. The molecule has 0 aliphatic carbocycles. The Hall–Kier alpha value is -3.28. The van der Waals surface area contributed by atoms with Crippen LogP contribution in [-0.4, -0.2) is 65.6 Å². The van der Waals surface area contributed by atoms with Gasteiger partial charge in [0.05, 0.1) is 0 Å². The maximum absolute atomic E-state index is 9.60. The third-order valence-electron chi connectivity index (χ3n) is 1.93. The molecule has 11 heteroatoms. The second-order valence-electron chi connectivity index (χ2n) is 5.47. The van der Waals surface area contributed by atoms with Crippen molar-refractivity contribution < 1.29 is 54.9 Å². The Morgan fingerprint density at radius 3 is 0.633 bits per heavy atom. The minimum Gasteiger partial charge on any atom is -0.478 e. The van der Waals surface area contributed by atoms with E-state index in [0.29, 0.717) is 0 Å². The lowest BCUT2D eigenvalue weighted by atomic mass is 10.4. The van der Waals surface area contributed by atoms with Gasteiger partial charge in [-0.2, -0.15) is 0 Å². The van der Waals surface area contributed by atoms with E-state index in [1.807, 2.05) is 0 Å². The zero-order valence-corrected chi connectivity index (χ0v) is 17.8. The van der Waals surface area contributed by atoms with Gasteiger partial charge < -0.3 is 35.7 Å². The highest BCUT2D eigenvalue weighted by molar-refractivity contribution is 5.85. The van der Waals surface area contributed by atoms with Crippen LogP contribution in [0, 0.1) is 0 Å². The zero-order valence-electron chi connectivity index (χ0n) is 17.8. The molecule has 0 fully saturated rings. The van der Waals surface area contributed by atoms with Gasteiger partial charge in [-0.25, -0.2) is 19.2 Å². The predicted octanol–water partition coefficient (Wildman–Crippen LogP) is 1.62. The zero-order chi connectivity index (χ0) is 25.8.